The van der Waals surface area contributed by atoms with Crippen LogP contribution in [0.25, 0.3) is 0 Å². The second kappa shape index (κ2) is 10.2. The molecule has 0 bridgehead atoms. The van der Waals surface area contributed by atoms with E-state index in [1.54, 1.807) is 7.11 Å². The van der Waals surface area contributed by atoms with Gasteiger partial charge in [0.1, 0.15) is 12.0 Å². The normalized spacial score (nSPS) is 17.7. The number of aliphatic hydroxyl groups is 1. The second-order valence-corrected chi connectivity index (χ2v) is 10.4. The molecule has 3 rings (SSSR count). The van der Waals surface area contributed by atoms with Crippen molar-refractivity contribution in [2.45, 2.75) is 82.3 Å². The van der Waals surface area contributed by atoms with Crippen molar-refractivity contribution in [3.05, 3.63) is 63.7 Å². The summed E-state index contributed by atoms with van der Waals surface area (Å²) in [6, 6.07) is 10.3. The smallest absolute Gasteiger partial charge is 0.130 e. The maximum absolute atomic E-state index is 12.4. The zero-order chi connectivity index (χ0) is 22.6. The van der Waals surface area contributed by atoms with Crippen LogP contribution in [0.15, 0.2) is 30.3 Å². The molecule has 4 heteroatoms. The van der Waals surface area contributed by atoms with Gasteiger partial charge in [0.15, 0.2) is 0 Å². The largest absolute Gasteiger partial charge is 0.497 e. The van der Waals surface area contributed by atoms with Crippen molar-refractivity contribution in [1.82, 2.24) is 0 Å². The van der Waals surface area contributed by atoms with Gasteiger partial charge >= 0.3 is 0 Å². The Kier molecular flexibility index (Phi) is 7.87. The second-order valence-electron chi connectivity index (χ2n) is 9.04. The Morgan fingerprint density at radius 2 is 1.68 bits per heavy atom. The van der Waals surface area contributed by atoms with E-state index in [2.05, 4.69) is 45.9 Å². The number of methoxy groups -OCH3 is 1. The highest BCUT2D eigenvalue weighted by Crippen LogP contribution is 2.48. The van der Waals surface area contributed by atoms with Gasteiger partial charge in [-0.1, -0.05) is 37.5 Å². The standard InChI is InChI=1S/C27H36O3S/c1-18-15-19(2)25(21(4)20(18)3)24(16-28)26(29)27(13-7-6-8-14-27)31-17-22-9-11-23(30-5)12-10-22/h9-12,15-16,24,26,29H,6-8,13-14,17H2,1-5H3. The van der Waals surface area contributed by atoms with Crippen molar-refractivity contribution in [3.8, 4) is 5.75 Å². The summed E-state index contributed by atoms with van der Waals surface area (Å²) < 4.78 is 4.97. The number of hydrogen-bond donors (Lipinski definition) is 1. The lowest BCUT2D eigenvalue weighted by atomic mass is 9.75. The van der Waals surface area contributed by atoms with Gasteiger partial charge in [-0.2, -0.15) is 0 Å². The summed E-state index contributed by atoms with van der Waals surface area (Å²) in [6.45, 7) is 8.37. The Hall–Kier alpha value is -1.78. The van der Waals surface area contributed by atoms with Crippen molar-refractivity contribution in [1.29, 1.82) is 0 Å². The Morgan fingerprint density at radius 1 is 1.03 bits per heavy atom. The number of benzene rings is 2. The summed E-state index contributed by atoms with van der Waals surface area (Å²) in [4.78, 5) is 12.4. The van der Waals surface area contributed by atoms with Gasteiger partial charge in [-0.05, 0) is 86.1 Å². The third-order valence-electron chi connectivity index (χ3n) is 7.16. The number of carbonyl (C=O) groups excluding carboxylic acids is 1. The number of carbonyl (C=O) groups is 1. The number of aryl methyl sites for hydroxylation is 2. The molecule has 2 unspecified atom stereocenters. The van der Waals surface area contributed by atoms with Crippen molar-refractivity contribution in [2.24, 2.45) is 0 Å². The minimum atomic E-state index is -0.701. The lowest BCUT2D eigenvalue weighted by Crippen LogP contribution is -2.45. The Labute approximate surface area is 191 Å². The molecule has 1 N–H and O–H groups in total. The van der Waals surface area contributed by atoms with E-state index >= 15 is 0 Å². The van der Waals surface area contributed by atoms with Gasteiger partial charge in [0.25, 0.3) is 0 Å². The van der Waals surface area contributed by atoms with Crippen molar-refractivity contribution in [3.63, 3.8) is 0 Å². The maximum Gasteiger partial charge on any atom is 0.130 e. The molecule has 0 radical (unpaired) electrons. The van der Waals surface area contributed by atoms with Gasteiger partial charge in [0.05, 0.1) is 19.1 Å². The number of aldehydes is 1. The van der Waals surface area contributed by atoms with Crippen LogP contribution in [-0.4, -0.2) is 29.4 Å². The van der Waals surface area contributed by atoms with Gasteiger partial charge in [0, 0.05) is 10.5 Å². The van der Waals surface area contributed by atoms with Crippen LogP contribution in [0.4, 0.5) is 0 Å². The summed E-state index contributed by atoms with van der Waals surface area (Å²) in [6.07, 6.45) is 5.58. The van der Waals surface area contributed by atoms with E-state index in [0.29, 0.717) is 0 Å². The molecule has 31 heavy (non-hydrogen) atoms. The van der Waals surface area contributed by atoms with Crippen molar-refractivity contribution in [2.75, 3.05) is 7.11 Å². The highest BCUT2D eigenvalue weighted by Gasteiger charge is 2.44. The first-order chi connectivity index (χ1) is 14.8. The molecule has 0 spiro atoms. The molecular weight excluding hydrogens is 404 g/mol. The van der Waals surface area contributed by atoms with E-state index in [-0.39, 0.29) is 4.75 Å². The van der Waals surface area contributed by atoms with Crippen LogP contribution in [0.3, 0.4) is 0 Å². The summed E-state index contributed by atoms with van der Waals surface area (Å²) in [5, 5.41) is 11.7. The molecule has 0 aromatic heterocycles. The van der Waals surface area contributed by atoms with Crippen LogP contribution in [0.1, 0.15) is 71.4 Å². The number of thioether (sulfide) groups is 1. The average molecular weight is 441 g/mol. The zero-order valence-corrected chi connectivity index (χ0v) is 20.3. The summed E-state index contributed by atoms with van der Waals surface area (Å²) in [5.41, 5.74) is 6.91. The summed E-state index contributed by atoms with van der Waals surface area (Å²) in [7, 11) is 1.67. The fourth-order valence-electron chi connectivity index (χ4n) is 5.07. The highest BCUT2D eigenvalue weighted by molar-refractivity contribution is 8.00. The fourth-order valence-corrected chi connectivity index (χ4v) is 6.61. The van der Waals surface area contributed by atoms with Crippen LogP contribution >= 0.6 is 11.8 Å². The van der Waals surface area contributed by atoms with Crippen molar-refractivity contribution < 1.29 is 14.6 Å². The molecule has 3 nitrogen and oxygen atoms in total. The third kappa shape index (κ3) is 5.01. The molecule has 1 saturated carbocycles. The summed E-state index contributed by atoms with van der Waals surface area (Å²) in [5.74, 6) is 1.17. The van der Waals surface area contributed by atoms with Crippen LogP contribution in [0.5, 0.6) is 5.75 Å². The SMILES string of the molecule is COc1ccc(CSC2(C(O)C(C=O)c3c(C)cc(C)c(C)c3C)CCCCC2)cc1. The minimum absolute atomic E-state index is 0.304. The molecule has 2 atom stereocenters. The van der Waals surface area contributed by atoms with E-state index in [0.717, 1.165) is 60.2 Å². The van der Waals surface area contributed by atoms with Gasteiger partial charge in [-0.3, -0.25) is 0 Å². The van der Waals surface area contributed by atoms with E-state index in [4.69, 9.17) is 4.74 Å². The quantitative estimate of drug-likeness (QED) is 0.496. The molecular formula is C27H36O3S. The first-order valence-electron chi connectivity index (χ1n) is 11.3. The predicted octanol–water partition coefficient (Wildman–Crippen LogP) is 6.21. The average Bonchev–Trinajstić information content (AvgIpc) is 2.79. The number of aliphatic hydroxyl groups excluding tert-OH is 1. The monoisotopic (exact) mass is 440 g/mol. The van der Waals surface area contributed by atoms with Crippen molar-refractivity contribution >= 4 is 18.0 Å². The van der Waals surface area contributed by atoms with E-state index in [1.165, 1.54) is 23.1 Å². The number of ether oxygens (including phenoxy) is 1. The lowest BCUT2D eigenvalue weighted by molar-refractivity contribution is -0.112. The Balaban J connectivity index is 1.91. The molecule has 2 aromatic carbocycles. The fraction of sp³-hybridized carbons (Fsp3) is 0.519. The third-order valence-corrected chi connectivity index (χ3v) is 8.86. The molecule has 0 amide bonds. The molecule has 0 aliphatic heterocycles. The summed E-state index contributed by atoms with van der Waals surface area (Å²) >= 11 is 1.83. The molecule has 0 heterocycles. The van der Waals surface area contributed by atoms with Gasteiger partial charge in [-0.25, -0.2) is 0 Å². The highest BCUT2D eigenvalue weighted by atomic mass is 32.2. The molecule has 168 valence electrons. The van der Waals surface area contributed by atoms with E-state index in [1.807, 2.05) is 23.9 Å². The molecule has 0 saturated heterocycles. The van der Waals surface area contributed by atoms with Crippen LogP contribution in [0, 0.1) is 27.7 Å². The van der Waals surface area contributed by atoms with E-state index < -0.39 is 12.0 Å². The number of hydrogen-bond acceptors (Lipinski definition) is 4. The van der Waals surface area contributed by atoms with Gasteiger partial charge in [-0.15, -0.1) is 11.8 Å². The van der Waals surface area contributed by atoms with Crippen LogP contribution in [-0.2, 0) is 10.5 Å². The van der Waals surface area contributed by atoms with Crippen LogP contribution < -0.4 is 4.74 Å². The topological polar surface area (TPSA) is 46.5 Å². The lowest BCUT2D eigenvalue weighted by Gasteiger charge is -2.43. The van der Waals surface area contributed by atoms with Gasteiger partial charge in [0.2, 0.25) is 0 Å². The maximum atomic E-state index is 12.4. The molecule has 1 aliphatic rings. The molecule has 1 aliphatic carbocycles. The Bertz CT molecular complexity index is 898. The van der Waals surface area contributed by atoms with Gasteiger partial charge < -0.3 is 14.6 Å². The predicted molar refractivity (Wildman–Crippen MR) is 130 cm³/mol. The molecule has 1 fully saturated rings. The first-order valence-corrected chi connectivity index (χ1v) is 12.3. The zero-order valence-electron chi connectivity index (χ0n) is 19.5. The molecule has 2 aromatic rings. The number of rotatable bonds is 8. The first kappa shape index (κ1) is 23.9. The Morgan fingerprint density at radius 3 is 2.26 bits per heavy atom. The minimum Gasteiger partial charge on any atom is -0.497 e. The van der Waals surface area contributed by atoms with E-state index in [9.17, 15) is 9.90 Å². The van der Waals surface area contributed by atoms with Crippen LogP contribution in [0.2, 0.25) is 0 Å².